The molecular weight excluding hydrogens is 95.1 g/mol. The van der Waals surface area contributed by atoms with Gasteiger partial charge < -0.3 is 5.48 Å². The van der Waals surface area contributed by atoms with Gasteiger partial charge in [-0.2, -0.15) is 0 Å². The third kappa shape index (κ3) is 8.99. The molecule has 2 N–H and O–H groups in total. The molecule has 0 aromatic heterocycles. The Morgan fingerprint density at radius 2 is 1.25 bits per heavy atom. The molecular formula is H2CaNaO2. The van der Waals surface area contributed by atoms with Gasteiger partial charge in [0.2, 0.25) is 0 Å². The van der Waals surface area contributed by atoms with Crippen molar-refractivity contribution in [1.29, 1.82) is 0 Å². The first-order valence-electron chi connectivity index (χ1n) is 0.289. The van der Waals surface area contributed by atoms with E-state index in [9.17, 15) is 0 Å². The zero-order valence-electron chi connectivity index (χ0n) is 2.62. The van der Waals surface area contributed by atoms with Crippen molar-refractivity contribution >= 4 is 65.4 Å². The molecule has 0 saturated carbocycles. The minimum atomic E-state index is 0. The summed E-state index contributed by atoms with van der Waals surface area (Å²) in [4.78, 5) is 0. The van der Waals surface area contributed by atoms with E-state index in [1.54, 1.807) is 0 Å². The average molecular weight is 97.1 g/mol. The normalized spacial score (nSPS) is 1.50. The van der Waals surface area contributed by atoms with Gasteiger partial charge >= 0.3 is 37.3 Å². The summed E-state index contributed by atoms with van der Waals surface area (Å²) in [6, 6.07) is 0. The van der Waals surface area contributed by atoms with Crippen molar-refractivity contribution < 1.29 is 6.91 Å². The average Bonchev–Trinajstić information content (AvgIpc) is 1.00. The van der Waals surface area contributed by atoms with Gasteiger partial charge in [0, 0.05) is 29.6 Å². The molecule has 0 spiro atoms. The molecule has 0 aliphatic rings. The van der Waals surface area contributed by atoms with Crippen molar-refractivity contribution in [2.45, 2.75) is 0 Å². The second-order valence-electron chi connectivity index (χ2n) is 0. The Balaban J connectivity index is -0.00000000500. The Kier molecular flexibility index (Phi) is 82.7. The molecule has 0 saturated heterocycles. The third-order valence-electron chi connectivity index (χ3n) is 0. The summed E-state index contributed by atoms with van der Waals surface area (Å²) >= 11 is 0.125. The Bertz CT molecular complexity index is 6.00. The van der Waals surface area contributed by atoms with E-state index in [1.807, 2.05) is 0 Å². The van der Waals surface area contributed by atoms with Crippen LogP contribution in [-0.2, 0) is 1.43 Å². The summed E-state index contributed by atoms with van der Waals surface area (Å²) in [5.41, 5.74) is 0. The van der Waals surface area contributed by atoms with Crippen LogP contribution in [0.1, 0.15) is 0 Å². The molecule has 0 bridgehead atoms. The van der Waals surface area contributed by atoms with Crippen LogP contribution in [0.4, 0.5) is 0 Å². The van der Waals surface area contributed by atoms with Crippen LogP contribution in [-0.4, -0.2) is 70.9 Å². The molecule has 0 amide bonds. The summed E-state index contributed by atoms with van der Waals surface area (Å²) in [6.07, 6.45) is 0. The molecule has 0 aliphatic heterocycles. The molecule has 0 aliphatic carbocycles. The minimum absolute atomic E-state index is 0. The maximum absolute atomic E-state index is 8.38. The fraction of sp³-hybridized carbons (Fsp3) is 0. The fourth-order valence-electron chi connectivity index (χ4n) is 0. The fourth-order valence-corrected chi connectivity index (χ4v) is 0. The summed E-state index contributed by atoms with van der Waals surface area (Å²) in [5.74, 6) is 0. The molecule has 0 aromatic rings. The summed E-state index contributed by atoms with van der Waals surface area (Å²) in [6.45, 7) is 0. The molecule has 0 heterocycles. The van der Waals surface area contributed by atoms with E-state index in [4.69, 9.17) is 1.43 Å². The van der Waals surface area contributed by atoms with Crippen LogP contribution in [0, 0.1) is 0 Å². The quantitative estimate of drug-likeness (QED) is 0.332. The first kappa shape index (κ1) is 16.6. The molecule has 0 fully saturated rings. The van der Waals surface area contributed by atoms with Gasteiger partial charge in [0.25, 0.3) is 0 Å². The number of hydrogen-bond donors (Lipinski definition) is 0. The molecule has 0 unspecified atom stereocenters. The van der Waals surface area contributed by atoms with Gasteiger partial charge in [-0.1, -0.05) is 0 Å². The predicted molar refractivity (Wildman–Crippen MR) is 15.8 cm³/mol. The Hall–Kier alpha value is 2.02. The molecule has 0 rings (SSSR count). The predicted octanol–water partition coefficient (Wildman–Crippen LogP) is -1.71. The van der Waals surface area contributed by atoms with Gasteiger partial charge in [-0.3, -0.25) is 0 Å². The van der Waals surface area contributed by atoms with Crippen LogP contribution >= 0.6 is 0 Å². The van der Waals surface area contributed by atoms with Crippen LogP contribution in [0.3, 0.4) is 0 Å². The molecule has 1 radical (unpaired) electrons. The summed E-state index contributed by atoms with van der Waals surface area (Å²) < 4.78 is 8.38. The zero-order valence-corrected chi connectivity index (χ0v) is 6.82. The van der Waals surface area contributed by atoms with Gasteiger partial charge in [-0.05, 0) is 0 Å². The van der Waals surface area contributed by atoms with Gasteiger partial charge in [0.1, 0.15) is 0 Å². The van der Waals surface area contributed by atoms with Crippen LogP contribution in [0.15, 0.2) is 0 Å². The second-order valence-corrected chi connectivity index (χ2v) is 0. The summed E-state index contributed by atoms with van der Waals surface area (Å²) in [5, 5.41) is 0. The molecule has 0 atom stereocenters. The van der Waals surface area contributed by atoms with Crippen molar-refractivity contribution in [3.05, 3.63) is 0 Å². The van der Waals surface area contributed by atoms with Crippen LogP contribution in [0.2, 0.25) is 0 Å². The third-order valence-corrected chi connectivity index (χ3v) is 0. The van der Waals surface area contributed by atoms with Gasteiger partial charge in [0.05, 0.1) is 0 Å². The Labute approximate surface area is 71.0 Å². The molecule has 0 aromatic carbocycles. The van der Waals surface area contributed by atoms with Gasteiger partial charge in [-0.25, -0.2) is 0 Å². The Morgan fingerprint density at radius 1 is 1.25 bits per heavy atom. The van der Waals surface area contributed by atoms with Crippen LogP contribution in [0.5, 0.6) is 0 Å². The van der Waals surface area contributed by atoms with Crippen LogP contribution in [0.25, 0.3) is 0 Å². The molecule has 2 nitrogen and oxygen atoms in total. The number of hydrogen-bond acceptors (Lipinski definition) is 1. The van der Waals surface area contributed by atoms with Gasteiger partial charge in [0.15, 0.2) is 0 Å². The van der Waals surface area contributed by atoms with E-state index in [2.05, 4.69) is 0 Å². The van der Waals surface area contributed by atoms with E-state index < -0.39 is 0 Å². The van der Waals surface area contributed by atoms with Crippen molar-refractivity contribution in [3.63, 3.8) is 0 Å². The SMILES string of the molecule is O.[Na].[O]=[Ca]. The number of rotatable bonds is 0. The van der Waals surface area contributed by atoms with Crippen molar-refractivity contribution in [3.8, 4) is 0 Å². The van der Waals surface area contributed by atoms with Crippen molar-refractivity contribution in [2.75, 3.05) is 0 Å². The van der Waals surface area contributed by atoms with E-state index in [-0.39, 0.29) is 70.9 Å². The van der Waals surface area contributed by atoms with E-state index in [0.717, 1.165) is 0 Å². The van der Waals surface area contributed by atoms with Crippen molar-refractivity contribution in [1.82, 2.24) is 0 Å². The maximum atomic E-state index is 8.38. The monoisotopic (exact) mass is 97.0 g/mol. The van der Waals surface area contributed by atoms with E-state index in [0.29, 0.717) is 0 Å². The molecule has 4 heavy (non-hydrogen) atoms. The van der Waals surface area contributed by atoms with Gasteiger partial charge in [-0.15, -0.1) is 0 Å². The van der Waals surface area contributed by atoms with Crippen LogP contribution < -0.4 is 0 Å². The first-order valence-corrected chi connectivity index (χ1v) is 1.19. The summed E-state index contributed by atoms with van der Waals surface area (Å²) in [7, 11) is 0. The van der Waals surface area contributed by atoms with E-state index in [1.165, 1.54) is 0 Å². The first-order chi connectivity index (χ1) is 1.00. The van der Waals surface area contributed by atoms with E-state index >= 15 is 0 Å². The molecule has 4 heteroatoms. The zero-order chi connectivity index (χ0) is 2.00. The topological polar surface area (TPSA) is 48.6 Å². The standard InChI is InChI=1S/Ca.Na.H2O.O/h;;1H2;. The second kappa shape index (κ2) is 19.9. The molecule has 17 valence electrons. The Morgan fingerprint density at radius 3 is 1.25 bits per heavy atom. The van der Waals surface area contributed by atoms with Crippen molar-refractivity contribution in [2.24, 2.45) is 0 Å².